The Morgan fingerprint density at radius 1 is 0.900 bits per heavy atom. The number of benzene rings is 3. The number of rotatable bonds is 8. The molecule has 30 heavy (non-hydrogen) atoms. The monoisotopic (exact) mass is 404 g/mol. The molecule has 0 spiro atoms. The van der Waals surface area contributed by atoms with Crippen molar-refractivity contribution in [3.8, 4) is 5.75 Å². The summed E-state index contributed by atoms with van der Waals surface area (Å²) in [5, 5.41) is 7.68. The first-order valence-electron chi connectivity index (χ1n) is 9.79. The number of carbonyl (C=O) groups excluding carboxylic acids is 2. The van der Waals surface area contributed by atoms with Gasteiger partial charge in [0.05, 0.1) is 12.8 Å². The molecule has 0 aliphatic heterocycles. The smallest absolute Gasteiger partial charge is 0.279 e. The summed E-state index contributed by atoms with van der Waals surface area (Å²) in [5.74, 6) is 0.252. The lowest BCUT2D eigenvalue weighted by molar-refractivity contribution is -0.682. The summed E-state index contributed by atoms with van der Waals surface area (Å²) >= 11 is 0. The van der Waals surface area contributed by atoms with Gasteiger partial charge < -0.3 is 20.7 Å². The van der Waals surface area contributed by atoms with E-state index in [4.69, 9.17) is 4.74 Å². The van der Waals surface area contributed by atoms with Crippen LogP contribution in [0.1, 0.15) is 28.9 Å². The van der Waals surface area contributed by atoms with Crippen molar-refractivity contribution in [2.24, 2.45) is 0 Å². The van der Waals surface area contributed by atoms with E-state index in [1.807, 2.05) is 47.8 Å². The molecule has 0 unspecified atom stereocenters. The number of ether oxygens (including phenoxy) is 1. The number of para-hydroxylation sites is 2. The standard InChI is InChI=1S/C24H25N3O3/c1-17(18-8-4-3-5-9-18)25-16-23(28)26-20-14-12-19(13-15-20)24(29)27-21-10-6-7-11-22(21)30-2/h3-15,17,25H,16H2,1-2H3,(H,26,28)(H,27,29)/p+1/t17-/m0/s1. The summed E-state index contributed by atoms with van der Waals surface area (Å²) < 4.78 is 5.25. The summed E-state index contributed by atoms with van der Waals surface area (Å²) in [4.78, 5) is 24.7. The average Bonchev–Trinajstić information content (AvgIpc) is 2.79. The van der Waals surface area contributed by atoms with Gasteiger partial charge in [-0.2, -0.15) is 0 Å². The van der Waals surface area contributed by atoms with Gasteiger partial charge in [0.2, 0.25) is 0 Å². The zero-order valence-electron chi connectivity index (χ0n) is 17.1. The van der Waals surface area contributed by atoms with Gasteiger partial charge in [-0.3, -0.25) is 9.59 Å². The van der Waals surface area contributed by atoms with Crippen molar-refractivity contribution in [2.75, 3.05) is 24.3 Å². The van der Waals surface area contributed by atoms with Crippen molar-refractivity contribution in [1.29, 1.82) is 0 Å². The van der Waals surface area contributed by atoms with E-state index < -0.39 is 0 Å². The van der Waals surface area contributed by atoms with Crippen LogP contribution in [0.2, 0.25) is 0 Å². The van der Waals surface area contributed by atoms with Gasteiger partial charge in [0.25, 0.3) is 11.8 Å². The van der Waals surface area contributed by atoms with Gasteiger partial charge in [-0.1, -0.05) is 42.5 Å². The zero-order valence-corrected chi connectivity index (χ0v) is 17.1. The van der Waals surface area contributed by atoms with Crippen LogP contribution in [-0.4, -0.2) is 25.5 Å². The van der Waals surface area contributed by atoms with E-state index in [1.54, 1.807) is 43.5 Å². The van der Waals surface area contributed by atoms with Crippen LogP contribution in [0, 0.1) is 0 Å². The zero-order chi connectivity index (χ0) is 21.3. The van der Waals surface area contributed by atoms with Crippen LogP contribution in [0.5, 0.6) is 5.75 Å². The van der Waals surface area contributed by atoms with Gasteiger partial charge >= 0.3 is 0 Å². The third kappa shape index (κ3) is 5.68. The van der Waals surface area contributed by atoms with Crippen molar-refractivity contribution >= 4 is 23.2 Å². The van der Waals surface area contributed by atoms with Crippen LogP contribution in [-0.2, 0) is 4.79 Å². The van der Waals surface area contributed by atoms with Crippen LogP contribution < -0.4 is 20.7 Å². The molecule has 0 aliphatic carbocycles. The molecule has 1 atom stereocenters. The molecule has 0 saturated heterocycles. The summed E-state index contributed by atoms with van der Waals surface area (Å²) in [5.41, 5.74) is 2.92. The van der Waals surface area contributed by atoms with E-state index in [0.29, 0.717) is 29.2 Å². The fourth-order valence-corrected chi connectivity index (χ4v) is 3.04. The number of amides is 2. The second-order valence-corrected chi connectivity index (χ2v) is 6.92. The first kappa shape index (κ1) is 21.1. The Balaban J connectivity index is 1.52. The maximum atomic E-state index is 12.5. The number of anilines is 2. The molecule has 6 nitrogen and oxygen atoms in total. The molecule has 0 radical (unpaired) electrons. The minimum Gasteiger partial charge on any atom is -0.495 e. The summed E-state index contributed by atoms with van der Waals surface area (Å²) in [6, 6.07) is 24.3. The van der Waals surface area contributed by atoms with E-state index >= 15 is 0 Å². The lowest BCUT2D eigenvalue weighted by Gasteiger charge is -2.12. The summed E-state index contributed by atoms with van der Waals surface area (Å²) in [6.07, 6.45) is 0. The van der Waals surface area contributed by atoms with E-state index in [-0.39, 0.29) is 17.9 Å². The van der Waals surface area contributed by atoms with Crippen LogP contribution in [0.25, 0.3) is 0 Å². The molecule has 0 fully saturated rings. The molecule has 0 heterocycles. The highest BCUT2D eigenvalue weighted by molar-refractivity contribution is 6.05. The SMILES string of the molecule is COc1ccccc1NC(=O)c1ccc(NC(=O)C[NH2+][C@@H](C)c2ccccc2)cc1. The number of methoxy groups -OCH3 is 1. The normalized spacial score (nSPS) is 11.4. The van der Waals surface area contributed by atoms with Gasteiger partial charge in [-0.25, -0.2) is 0 Å². The molecule has 0 saturated carbocycles. The highest BCUT2D eigenvalue weighted by Gasteiger charge is 2.12. The Morgan fingerprint density at radius 3 is 2.27 bits per heavy atom. The molecule has 4 N–H and O–H groups in total. The van der Waals surface area contributed by atoms with Crippen molar-refractivity contribution in [3.63, 3.8) is 0 Å². The number of nitrogens with one attached hydrogen (secondary N) is 2. The summed E-state index contributed by atoms with van der Waals surface area (Å²) in [7, 11) is 1.56. The maximum absolute atomic E-state index is 12.5. The molecular weight excluding hydrogens is 378 g/mol. The van der Waals surface area contributed by atoms with E-state index in [1.165, 1.54) is 5.56 Å². The lowest BCUT2D eigenvalue weighted by atomic mass is 10.1. The first-order chi connectivity index (χ1) is 14.6. The molecule has 3 aromatic rings. The predicted octanol–water partition coefficient (Wildman–Crippen LogP) is 3.21. The van der Waals surface area contributed by atoms with E-state index in [9.17, 15) is 9.59 Å². The van der Waals surface area contributed by atoms with Crippen molar-refractivity contribution in [3.05, 3.63) is 90.0 Å². The molecule has 3 aromatic carbocycles. The Kier molecular flexibility index (Phi) is 7.19. The number of nitrogens with two attached hydrogens (primary N) is 1. The molecular formula is C24H26N3O3+. The van der Waals surface area contributed by atoms with Crippen LogP contribution in [0.3, 0.4) is 0 Å². The van der Waals surface area contributed by atoms with Gasteiger partial charge in [0.15, 0.2) is 6.54 Å². The van der Waals surface area contributed by atoms with Gasteiger partial charge in [-0.05, 0) is 43.3 Å². The number of quaternary nitrogens is 1. The maximum Gasteiger partial charge on any atom is 0.279 e. The van der Waals surface area contributed by atoms with E-state index in [0.717, 1.165) is 0 Å². The largest absolute Gasteiger partial charge is 0.495 e. The Labute approximate surface area is 176 Å². The first-order valence-corrected chi connectivity index (χ1v) is 9.79. The molecule has 0 aliphatic rings. The number of hydrogen-bond donors (Lipinski definition) is 3. The molecule has 0 bridgehead atoms. The van der Waals surface area contributed by atoms with Gasteiger partial charge in [0, 0.05) is 16.8 Å². The Hall–Kier alpha value is -3.64. The third-order valence-corrected chi connectivity index (χ3v) is 4.77. The van der Waals surface area contributed by atoms with Crippen molar-refractivity contribution in [2.45, 2.75) is 13.0 Å². The van der Waals surface area contributed by atoms with Crippen LogP contribution >= 0.6 is 0 Å². The summed E-state index contributed by atoms with van der Waals surface area (Å²) in [6.45, 7) is 2.38. The minimum atomic E-state index is -0.248. The molecule has 3 rings (SSSR count). The molecule has 2 amide bonds. The highest BCUT2D eigenvalue weighted by Crippen LogP contribution is 2.23. The predicted molar refractivity (Wildman–Crippen MR) is 118 cm³/mol. The minimum absolute atomic E-state index is 0.0935. The van der Waals surface area contributed by atoms with Crippen LogP contribution in [0.4, 0.5) is 11.4 Å². The molecule has 154 valence electrons. The number of hydrogen-bond acceptors (Lipinski definition) is 3. The lowest BCUT2D eigenvalue weighted by Crippen LogP contribution is -2.86. The number of carbonyl (C=O) groups is 2. The van der Waals surface area contributed by atoms with Gasteiger partial charge in [-0.15, -0.1) is 0 Å². The van der Waals surface area contributed by atoms with Crippen molar-refractivity contribution in [1.82, 2.24) is 0 Å². The van der Waals surface area contributed by atoms with E-state index in [2.05, 4.69) is 17.6 Å². The van der Waals surface area contributed by atoms with Crippen molar-refractivity contribution < 1.29 is 19.6 Å². The second kappa shape index (κ2) is 10.2. The topological polar surface area (TPSA) is 84.0 Å². The Morgan fingerprint density at radius 2 is 1.57 bits per heavy atom. The average molecular weight is 404 g/mol. The highest BCUT2D eigenvalue weighted by atomic mass is 16.5. The molecule has 0 aromatic heterocycles. The third-order valence-electron chi connectivity index (χ3n) is 4.77. The Bertz CT molecular complexity index is 988. The quantitative estimate of drug-likeness (QED) is 0.539. The van der Waals surface area contributed by atoms with Gasteiger partial charge in [0.1, 0.15) is 11.8 Å². The fourth-order valence-electron chi connectivity index (χ4n) is 3.04. The van der Waals surface area contributed by atoms with Crippen LogP contribution in [0.15, 0.2) is 78.9 Å². The fraction of sp³-hybridized carbons (Fsp3) is 0.167. The second-order valence-electron chi connectivity index (χ2n) is 6.92. The molecule has 6 heteroatoms.